The van der Waals surface area contributed by atoms with Crippen molar-refractivity contribution in [2.45, 2.75) is 51.0 Å². The summed E-state index contributed by atoms with van der Waals surface area (Å²) in [6, 6.07) is 14.1. The molecule has 3 atom stereocenters. The Labute approximate surface area is 279 Å². The first kappa shape index (κ1) is 36.4. The number of ether oxygens (including phenoxy) is 2. The van der Waals surface area contributed by atoms with Gasteiger partial charge in [0.25, 0.3) is 5.91 Å². The van der Waals surface area contributed by atoms with Crippen molar-refractivity contribution in [3.05, 3.63) is 65.7 Å². The van der Waals surface area contributed by atoms with Gasteiger partial charge in [0.15, 0.2) is 0 Å². The summed E-state index contributed by atoms with van der Waals surface area (Å²) in [7, 11) is 2.64. The molecule has 0 aliphatic carbocycles. The summed E-state index contributed by atoms with van der Waals surface area (Å²) < 4.78 is 10.2. The number of fused-ring (bicyclic) bond motifs is 1. The highest BCUT2D eigenvalue weighted by atomic mass is 32.2. The molecule has 0 fully saturated rings. The summed E-state index contributed by atoms with van der Waals surface area (Å²) >= 11 is 5.77. The number of thiol groups is 1. The molecule has 0 radical (unpaired) electrons. The molecule has 2 aromatic carbocycles. The zero-order chi connectivity index (χ0) is 34.0. The molecule has 1 heterocycles. The number of alkyl carbamates (subject to hydrolysis) is 1. The van der Waals surface area contributed by atoms with Crippen molar-refractivity contribution < 1.29 is 33.4 Å². The SMILES string of the molecule is COC(=O)[C@H](CCSC)NC(=O)CN1C(=O)C(N(C)C(=O)C(CS)NC(=O)OC(C)(C)C)N=C(c2ccccc2)c2ccccc21. The Kier molecular flexibility index (Phi) is 13.1. The normalized spacial score (nSPS) is 15.8. The first-order valence-corrected chi connectivity index (χ1v) is 16.6. The third-order valence-electron chi connectivity index (χ3n) is 6.85. The number of thioether (sulfide) groups is 1. The van der Waals surface area contributed by atoms with Gasteiger partial charge in [0, 0.05) is 23.9 Å². The van der Waals surface area contributed by atoms with E-state index in [4.69, 9.17) is 14.5 Å². The Morgan fingerprint density at radius 3 is 2.30 bits per heavy atom. The van der Waals surface area contributed by atoms with Gasteiger partial charge in [-0.2, -0.15) is 24.4 Å². The Morgan fingerprint density at radius 1 is 1.04 bits per heavy atom. The average Bonchev–Trinajstić information content (AvgIpc) is 3.14. The minimum Gasteiger partial charge on any atom is -0.467 e. The van der Waals surface area contributed by atoms with Gasteiger partial charge < -0.3 is 25.0 Å². The maximum Gasteiger partial charge on any atom is 0.408 e. The number of anilines is 1. The van der Waals surface area contributed by atoms with Gasteiger partial charge in [-0.3, -0.25) is 19.3 Å². The lowest BCUT2D eigenvalue weighted by Crippen LogP contribution is -2.56. The van der Waals surface area contributed by atoms with Crippen molar-refractivity contribution >= 4 is 65.6 Å². The van der Waals surface area contributed by atoms with E-state index in [9.17, 15) is 24.0 Å². The number of nitrogens with one attached hydrogen (secondary N) is 2. The molecule has 1 aliphatic heterocycles. The van der Waals surface area contributed by atoms with Gasteiger partial charge in [-0.15, -0.1) is 0 Å². The summed E-state index contributed by atoms with van der Waals surface area (Å²) in [4.78, 5) is 73.6. The molecular weight excluding hydrogens is 631 g/mol. The number of benzene rings is 2. The van der Waals surface area contributed by atoms with Gasteiger partial charge in [0.1, 0.15) is 24.2 Å². The number of methoxy groups -OCH3 is 1. The van der Waals surface area contributed by atoms with Crippen LogP contribution in [0.4, 0.5) is 10.5 Å². The standard InChI is InChI=1S/C32H41N5O7S2/c1-32(2,3)44-31(42)34-23(19-45)28(39)36(4)27-29(40)37(18-25(38)33-22(16-17-46-6)30(41)43-5)24-15-11-10-14-21(24)26(35-27)20-12-8-7-9-13-20/h7-15,22-23,27,45H,16-19H2,1-6H3,(H,33,38)(H,34,42)/t22-,23?,27?/m0/s1. The third kappa shape index (κ3) is 9.49. The van der Waals surface area contributed by atoms with Gasteiger partial charge in [0.2, 0.25) is 18.0 Å². The number of nitrogens with zero attached hydrogens (tertiary/aromatic N) is 3. The fourth-order valence-electron chi connectivity index (χ4n) is 4.67. The lowest BCUT2D eigenvalue weighted by atomic mass is 10.0. The fourth-order valence-corrected chi connectivity index (χ4v) is 5.39. The average molecular weight is 672 g/mol. The summed E-state index contributed by atoms with van der Waals surface area (Å²) in [6.07, 6.45) is -0.0342. The van der Waals surface area contributed by atoms with E-state index >= 15 is 0 Å². The minimum atomic E-state index is -1.43. The van der Waals surface area contributed by atoms with Crippen LogP contribution in [0, 0.1) is 0 Å². The summed E-state index contributed by atoms with van der Waals surface area (Å²) in [5.41, 5.74) is 1.25. The molecule has 46 heavy (non-hydrogen) atoms. The van der Waals surface area contributed by atoms with E-state index in [1.54, 1.807) is 45.0 Å². The number of rotatable bonds is 12. The Morgan fingerprint density at radius 2 is 1.70 bits per heavy atom. The van der Waals surface area contributed by atoms with Gasteiger partial charge >= 0.3 is 12.1 Å². The van der Waals surface area contributed by atoms with E-state index in [0.717, 1.165) is 4.90 Å². The molecular formula is C32H41N5O7S2. The second-order valence-corrected chi connectivity index (χ2v) is 12.8. The lowest BCUT2D eigenvalue weighted by Gasteiger charge is -2.31. The highest BCUT2D eigenvalue weighted by molar-refractivity contribution is 7.98. The monoisotopic (exact) mass is 671 g/mol. The second kappa shape index (κ2) is 16.5. The molecule has 4 amide bonds. The molecule has 0 aromatic heterocycles. The van der Waals surface area contributed by atoms with E-state index in [1.165, 1.54) is 30.8 Å². The molecule has 3 rings (SSSR count). The summed E-state index contributed by atoms with van der Waals surface area (Å²) in [5.74, 6) is -2.01. The van der Waals surface area contributed by atoms with Crippen LogP contribution < -0.4 is 15.5 Å². The van der Waals surface area contributed by atoms with Crippen molar-refractivity contribution in [2.24, 2.45) is 4.99 Å². The van der Waals surface area contributed by atoms with Crippen LogP contribution in [0.2, 0.25) is 0 Å². The maximum absolute atomic E-state index is 14.4. The van der Waals surface area contributed by atoms with Crippen LogP contribution in [0.25, 0.3) is 0 Å². The highest BCUT2D eigenvalue weighted by Crippen LogP contribution is 2.29. The number of aliphatic imine (C=N–C) groups is 1. The lowest BCUT2D eigenvalue weighted by molar-refractivity contribution is -0.145. The summed E-state index contributed by atoms with van der Waals surface area (Å²) in [5, 5.41) is 5.21. The molecule has 1 aliphatic rings. The molecule has 2 unspecified atom stereocenters. The molecule has 12 nitrogen and oxygen atoms in total. The van der Waals surface area contributed by atoms with Crippen LogP contribution in [0.1, 0.15) is 38.3 Å². The number of hydrogen-bond acceptors (Lipinski definition) is 10. The minimum absolute atomic E-state index is 0.0874. The van der Waals surface area contributed by atoms with Crippen LogP contribution in [0.5, 0.6) is 0 Å². The van der Waals surface area contributed by atoms with Crippen LogP contribution in [0.15, 0.2) is 59.6 Å². The quantitative estimate of drug-likeness (QED) is 0.231. The van der Waals surface area contributed by atoms with Crippen LogP contribution in [-0.4, -0.2) is 103 Å². The van der Waals surface area contributed by atoms with Crippen molar-refractivity contribution in [1.82, 2.24) is 15.5 Å². The number of carbonyl (C=O) groups excluding carboxylic acids is 5. The van der Waals surface area contributed by atoms with Crippen molar-refractivity contribution in [2.75, 3.05) is 43.4 Å². The number of amides is 4. The number of carbonyl (C=O) groups is 5. The highest BCUT2D eigenvalue weighted by Gasteiger charge is 2.39. The number of hydrogen-bond donors (Lipinski definition) is 3. The smallest absolute Gasteiger partial charge is 0.408 e. The number of likely N-dealkylation sites (N-methyl/N-ethyl adjacent to an activating group) is 1. The summed E-state index contributed by atoms with van der Waals surface area (Å²) in [6.45, 7) is 4.61. The molecule has 0 spiro atoms. The predicted octanol–water partition coefficient (Wildman–Crippen LogP) is 2.89. The van der Waals surface area contributed by atoms with Crippen LogP contribution in [0.3, 0.4) is 0 Å². The van der Waals surface area contributed by atoms with E-state index in [1.807, 2.05) is 36.6 Å². The second-order valence-electron chi connectivity index (χ2n) is 11.4. The Bertz CT molecular complexity index is 1450. The zero-order valence-corrected chi connectivity index (χ0v) is 28.5. The number of benzodiazepines with no additional fused rings is 1. The molecule has 0 saturated carbocycles. The van der Waals surface area contributed by atoms with E-state index in [0.29, 0.717) is 34.7 Å². The largest absolute Gasteiger partial charge is 0.467 e. The first-order chi connectivity index (χ1) is 21.8. The van der Waals surface area contributed by atoms with Gasteiger partial charge in [0.05, 0.1) is 18.5 Å². The molecule has 248 valence electrons. The van der Waals surface area contributed by atoms with Gasteiger partial charge in [-0.25, -0.2) is 14.6 Å². The van der Waals surface area contributed by atoms with Crippen molar-refractivity contribution in [3.63, 3.8) is 0 Å². The van der Waals surface area contributed by atoms with Gasteiger partial charge in [-0.05, 0) is 45.3 Å². The number of esters is 1. The molecule has 0 saturated heterocycles. The number of para-hydroxylation sites is 1. The van der Waals surface area contributed by atoms with Crippen LogP contribution in [-0.2, 0) is 28.7 Å². The Hall–Kier alpha value is -4.04. The molecule has 0 bridgehead atoms. The van der Waals surface area contributed by atoms with Gasteiger partial charge in [-0.1, -0.05) is 48.5 Å². The van der Waals surface area contributed by atoms with Crippen LogP contribution >= 0.6 is 24.4 Å². The van der Waals surface area contributed by atoms with E-state index in [-0.39, 0.29) is 5.75 Å². The first-order valence-electron chi connectivity index (χ1n) is 14.6. The van der Waals surface area contributed by atoms with E-state index in [2.05, 4.69) is 23.3 Å². The van der Waals surface area contributed by atoms with Crippen molar-refractivity contribution in [1.29, 1.82) is 0 Å². The molecule has 2 N–H and O–H groups in total. The molecule has 14 heteroatoms. The predicted molar refractivity (Wildman–Crippen MR) is 181 cm³/mol. The van der Waals surface area contributed by atoms with Crippen molar-refractivity contribution in [3.8, 4) is 0 Å². The fraction of sp³-hybridized carbons (Fsp3) is 0.438. The third-order valence-corrected chi connectivity index (χ3v) is 7.86. The Balaban J connectivity index is 2.04. The maximum atomic E-state index is 14.4. The zero-order valence-electron chi connectivity index (χ0n) is 26.8. The molecule has 2 aromatic rings. The topological polar surface area (TPSA) is 147 Å². The van der Waals surface area contributed by atoms with E-state index < -0.39 is 60.2 Å².